The quantitative estimate of drug-likeness (QED) is 0.482. The van der Waals surface area contributed by atoms with Crippen molar-refractivity contribution in [1.82, 2.24) is 5.16 Å². The Labute approximate surface area is 208 Å². The number of carbonyl (C=O) groups excluding carboxylic acids is 2. The van der Waals surface area contributed by atoms with Crippen LogP contribution in [0.25, 0.3) is 6.08 Å². The van der Waals surface area contributed by atoms with Crippen LogP contribution in [0.2, 0.25) is 0 Å². The summed E-state index contributed by atoms with van der Waals surface area (Å²) in [6.07, 6.45) is 1.73. The monoisotopic (exact) mass is 490 g/mol. The SMILES string of the molecule is COc1ccc(/C=C2\N=C(SC(C)C(=O)Nc3cc(C)no3)N(c3cc(C)cc(C)c3)C2=O)cc1. The summed E-state index contributed by atoms with van der Waals surface area (Å²) in [5.41, 5.74) is 4.52. The summed E-state index contributed by atoms with van der Waals surface area (Å²) >= 11 is 1.20. The van der Waals surface area contributed by atoms with Crippen molar-refractivity contribution in [2.75, 3.05) is 17.3 Å². The Kier molecular flexibility index (Phi) is 7.07. The first-order valence-electron chi connectivity index (χ1n) is 11.0. The second kappa shape index (κ2) is 10.2. The molecule has 0 aliphatic carbocycles. The van der Waals surface area contributed by atoms with E-state index in [9.17, 15) is 9.59 Å². The molecule has 1 aliphatic heterocycles. The van der Waals surface area contributed by atoms with Crippen molar-refractivity contribution in [2.45, 2.75) is 32.9 Å². The summed E-state index contributed by atoms with van der Waals surface area (Å²) in [6.45, 7) is 7.48. The van der Waals surface area contributed by atoms with E-state index in [0.717, 1.165) is 22.4 Å². The maximum Gasteiger partial charge on any atom is 0.283 e. The van der Waals surface area contributed by atoms with Crippen molar-refractivity contribution >= 4 is 46.4 Å². The third kappa shape index (κ3) is 5.63. The Morgan fingerprint density at radius 1 is 1.11 bits per heavy atom. The number of hydrogen-bond acceptors (Lipinski definition) is 7. The molecule has 4 rings (SSSR count). The molecule has 180 valence electrons. The number of ether oxygens (including phenoxy) is 1. The summed E-state index contributed by atoms with van der Waals surface area (Å²) in [5, 5.41) is 6.36. The fourth-order valence-corrected chi connectivity index (χ4v) is 4.52. The van der Waals surface area contributed by atoms with E-state index >= 15 is 0 Å². The average Bonchev–Trinajstić information content (AvgIpc) is 3.35. The summed E-state index contributed by atoms with van der Waals surface area (Å²) in [5.74, 6) is 0.458. The fourth-order valence-electron chi connectivity index (χ4n) is 3.60. The Hall–Kier alpha value is -3.85. The first-order chi connectivity index (χ1) is 16.7. The van der Waals surface area contributed by atoms with Gasteiger partial charge in [-0.25, -0.2) is 4.99 Å². The Balaban J connectivity index is 1.64. The zero-order valence-electron chi connectivity index (χ0n) is 20.2. The molecule has 0 fully saturated rings. The fraction of sp³-hybridized carbons (Fsp3) is 0.231. The minimum absolute atomic E-state index is 0.258. The number of aryl methyl sites for hydroxylation is 3. The lowest BCUT2D eigenvalue weighted by atomic mass is 10.1. The molecule has 9 heteroatoms. The van der Waals surface area contributed by atoms with Gasteiger partial charge in [-0.05, 0) is 74.7 Å². The van der Waals surface area contributed by atoms with Gasteiger partial charge in [-0.1, -0.05) is 35.1 Å². The number of nitrogens with zero attached hydrogens (tertiary/aromatic N) is 3. The standard InChI is InChI=1S/C26H26N4O4S/c1-15-10-16(2)12-20(11-15)30-25(32)22(14-19-6-8-21(33-5)9-7-19)27-26(30)35-18(4)24(31)28-23-13-17(3)29-34-23/h6-14,18H,1-5H3,(H,28,31)/b22-14-. The van der Waals surface area contributed by atoms with E-state index in [1.54, 1.807) is 38.0 Å². The average molecular weight is 491 g/mol. The number of benzene rings is 2. The molecule has 3 aromatic rings. The van der Waals surface area contributed by atoms with Crippen molar-refractivity contribution in [1.29, 1.82) is 0 Å². The first kappa shape index (κ1) is 24.3. The second-order valence-electron chi connectivity index (χ2n) is 8.27. The van der Waals surface area contributed by atoms with Gasteiger partial charge in [0.25, 0.3) is 5.91 Å². The molecule has 0 spiro atoms. The van der Waals surface area contributed by atoms with Gasteiger partial charge in [0.2, 0.25) is 11.8 Å². The van der Waals surface area contributed by atoms with Crippen LogP contribution in [0.3, 0.4) is 0 Å². The van der Waals surface area contributed by atoms with Gasteiger partial charge in [-0.15, -0.1) is 0 Å². The summed E-state index contributed by atoms with van der Waals surface area (Å²) < 4.78 is 10.3. The predicted molar refractivity (Wildman–Crippen MR) is 139 cm³/mol. The Morgan fingerprint density at radius 3 is 2.40 bits per heavy atom. The van der Waals surface area contributed by atoms with E-state index in [2.05, 4.69) is 15.5 Å². The van der Waals surface area contributed by atoms with E-state index in [1.807, 2.05) is 56.3 Å². The largest absolute Gasteiger partial charge is 0.497 e. The van der Waals surface area contributed by atoms with Crippen LogP contribution in [0, 0.1) is 20.8 Å². The third-order valence-corrected chi connectivity index (χ3v) is 6.29. The molecule has 0 radical (unpaired) electrons. The van der Waals surface area contributed by atoms with E-state index in [1.165, 1.54) is 11.8 Å². The molecule has 1 N–H and O–H groups in total. The molecule has 2 heterocycles. The van der Waals surface area contributed by atoms with Crippen molar-refractivity contribution in [2.24, 2.45) is 4.99 Å². The maximum absolute atomic E-state index is 13.5. The maximum atomic E-state index is 13.5. The molecule has 8 nitrogen and oxygen atoms in total. The van der Waals surface area contributed by atoms with Crippen molar-refractivity contribution in [3.63, 3.8) is 0 Å². The van der Waals surface area contributed by atoms with Crippen LogP contribution in [0.5, 0.6) is 5.75 Å². The van der Waals surface area contributed by atoms with Crippen LogP contribution >= 0.6 is 11.8 Å². The molecule has 1 unspecified atom stereocenters. The van der Waals surface area contributed by atoms with Gasteiger partial charge in [0.05, 0.1) is 23.7 Å². The van der Waals surface area contributed by atoms with Crippen LogP contribution in [0.15, 0.2) is 63.7 Å². The van der Waals surface area contributed by atoms with Gasteiger partial charge < -0.3 is 9.26 Å². The third-order valence-electron chi connectivity index (χ3n) is 5.24. The minimum atomic E-state index is -0.555. The molecular formula is C26H26N4O4S. The molecular weight excluding hydrogens is 464 g/mol. The van der Waals surface area contributed by atoms with Gasteiger partial charge in [0.1, 0.15) is 11.4 Å². The molecule has 2 aromatic carbocycles. The van der Waals surface area contributed by atoms with E-state index in [0.29, 0.717) is 16.5 Å². The van der Waals surface area contributed by atoms with Crippen LogP contribution in [0.4, 0.5) is 11.6 Å². The highest BCUT2D eigenvalue weighted by Crippen LogP contribution is 2.32. The number of rotatable bonds is 6. The number of thioether (sulfide) groups is 1. The first-order valence-corrected chi connectivity index (χ1v) is 11.9. The molecule has 0 saturated carbocycles. The zero-order valence-corrected chi connectivity index (χ0v) is 21.0. The molecule has 1 aliphatic rings. The number of aromatic nitrogens is 1. The van der Waals surface area contributed by atoms with Crippen LogP contribution in [-0.4, -0.2) is 34.5 Å². The summed E-state index contributed by atoms with van der Waals surface area (Å²) in [4.78, 5) is 32.4. The Bertz CT molecular complexity index is 1310. The molecule has 0 bridgehead atoms. The molecule has 0 saturated heterocycles. The van der Waals surface area contributed by atoms with Gasteiger partial charge in [0, 0.05) is 6.07 Å². The molecule has 2 amide bonds. The molecule has 1 atom stereocenters. The number of nitrogens with one attached hydrogen (secondary N) is 1. The number of amides is 2. The number of methoxy groups -OCH3 is 1. The van der Waals surface area contributed by atoms with Crippen molar-refractivity contribution in [3.05, 3.63) is 76.6 Å². The van der Waals surface area contributed by atoms with Gasteiger partial charge >= 0.3 is 0 Å². The number of amidine groups is 1. The number of hydrogen-bond donors (Lipinski definition) is 1. The van der Waals surface area contributed by atoms with Crippen LogP contribution in [-0.2, 0) is 9.59 Å². The predicted octanol–water partition coefficient (Wildman–Crippen LogP) is 5.11. The topological polar surface area (TPSA) is 97.0 Å². The lowest BCUT2D eigenvalue weighted by molar-refractivity contribution is -0.115. The highest BCUT2D eigenvalue weighted by molar-refractivity contribution is 8.15. The number of aliphatic imine (C=N–C) groups is 1. The summed E-state index contributed by atoms with van der Waals surface area (Å²) in [6, 6.07) is 14.9. The van der Waals surface area contributed by atoms with Crippen molar-refractivity contribution < 1.29 is 18.8 Å². The number of anilines is 2. The normalized spacial score (nSPS) is 15.3. The second-order valence-corrected chi connectivity index (χ2v) is 9.57. The smallest absolute Gasteiger partial charge is 0.283 e. The van der Waals surface area contributed by atoms with E-state index < -0.39 is 5.25 Å². The van der Waals surface area contributed by atoms with Crippen molar-refractivity contribution in [3.8, 4) is 5.75 Å². The summed E-state index contributed by atoms with van der Waals surface area (Å²) in [7, 11) is 1.60. The zero-order chi connectivity index (χ0) is 25.1. The van der Waals surface area contributed by atoms with Crippen LogP contribution < -0.4 is 15.0 Å². The molecule has 35 heavy (non-hydrogen) atoms. The highest BCUT2D eigenvalue weighted by atomic mass is 32.2. The van der Waals surface area contributed by atoms with E-state index in [-0.39, 0.29) is 23.4 Å². The lowest BCUT2D eigenvalue weighted by Gasteiger charge is -2.20. The lowest BCUT2D eigenvalue weighted by Crippen LogP contribution is -2.33. The number of carbonyl (C=O) groups is 2. The molecule has 1 aromatic heterocycles. The highest BCUT2D eigenvalue weighted by Gasteiger charge is 2.34. The Morgan fingerprint density at radius 2 is 1.80 bits per heavy atom. The van der Waals surface area contributed by atoms with Crippen LogP contribution in [0.1, 0.15) is 29.3 Å². The van der Waals surface area contributed by atoms with Gasteiger partial charge in [-0.2, -0.15) is 0 Å². The van der Waals surface area contributed by atoms with Gasteiger partial charge in [0.15, 0.2) is 5.17 Å². The van der Waals surface area contributed by atoms with E-state index in [4.69, 9.17) is 9.26 Å². The minimum Gasteiger partial charge on any atom is -0.497 e. The van der Waals surface area contributed by atoms with Gasteiger partial charge in [-0.3, -0.25) is 19.8 Å².